The van der Waals surface area contributed by atoms with Crippen LogP contribution in [-0.2, 0) is 0 Å². The standard InChI is InChI=1S/C14H23N5O2/c1-3-11-10-17(2)8-5-9-18(11)13-7-4-6-12(16-15)14(13)19(20)21/h4,6-7,11,16H,3,5,8-10,15H2,1-2H3. The normalized spacial score (nSPS) is 20.1. The minimum absolute atomic E-state index is 0.0583. The smallest absolute Gasteiger partial charge is 0.316 e. The SMILES string of the molecule is CCC1CN(C)CCCN1c1cccc(NN)c1[N+](=O)[O-]. The molecule has 116 valence electrons. The van der Waals surface area contributed by atoms with Gasteiger partial charge in [0.2, 0.25) is 0 Å². The van der Waals surface area contributed by atoms with Crippen LogP contribution in [0.1, 0.15) is 19.8 Å². The van der Waals surface area contributed by atoms with E-state index in [0.29, 0.717) is 11.4 Å². The Balaban J connectivity index is 2.45. The van der Waals surface area contributed by atoms with E-state index in [1.165, 1.54) is 0 Å². The quantitative estimate of drug-likeness (QED) is 0.500. The molecule has 0 spiro atoms. The lowest BCUT2D eigenvalue weighted by Gasteiger charge is -2.32. The average molecular weight is 293 g/mol. The number of para-hydroxylation sites is 1. The monoisotopic (exact) mass is 293 g/mol. The van der Waals surface area contributed by atoms with E-state index in [1.54, 1.807) is 12.1 Å². The van der Waals surface area contributed by atoms with E-state index in [4.69, 9.17) is 5.84 Å². The highest BCUT2D eigenvalue weighted by molar-refractivity contribution is 5.77. The van der Waals surface area contributed by atoms with Gasteiger partial charge in [-0.05, 0) is 38.6 Å². The van der Waals surface area contributed by atoms with E-state index in [-0.39, 0.29) is 16.7 Å². The largest absolute Gasteiger partial charge is 0.362 e. The Kier molecular flexibility index (Phi) is 4.98. The molecule has 1 aliphatic rings. The second-order valence-corrected chi connectivity index (χ2v) is 5.45. The summed E-state index contributed by atoms with van der Waals surface area (Å²) in [7, 11) is 2.10. The average Bonchev–Trinajstić information content (AvgIpc) is 2.67. The predicted octanol–water partition coefficient (Wildman–Crippen LogP) is 1.80. The second kappa shape index (κ2) is 6.73. The molecule has 0 radical (unpaired) electrons. The zero-order valence-corrected chi connectivity index (χ0v) is 12.6. The molecule has 1 saturated heterocycles. The Labute approximate surface area is 124 Å². The lowest BCUT2D eigenvalue weighted by Crippen LogP contribution is -2.40. The molecule has 2 rings (SSSR count). The Bertz CT molecular complexity index is 508. The van der Waals surface area contributed by atoms with Gasteiger partial charge >= 0.3 is 5.69 Å². The summed E-state index contributed by atoms with van der Waals surface area (Å²) in [5, 5.41) is 11.5. The summed E-state index contributed by atoms with van der Waals surface area (Å²) in [5.41, 5.74) is 3.50. The van der Waals surface area contributed by atoms with E-state index in [9.17, 15) is 10.1 Å². The van der Waals surface area contributed by atoms with E-state index >= 15 is 0 Å². The number of hydrazine groups is 1. The molecule has 0 aliphatic carbocycles. The van der Waals surface area contributed by atoms with Crippen molar-refractivity contribution >= 4 is 17.1 Å². The van der Waals surface area contributed by atoms with Gasteiger partial charge in [0, 0.05) is 19.1 Å². The van der Waals surface area contributed by atoms with Gasteiger partial charge in [-0.2, -0.15) is 0 Å². The van der Waals surface area contributed by atoms with Crippen molar-refractivity contribution in [3.05, 3.63) is 28.3 Å². The molecule has 1 heterocycles. The number of nitro groups is 1. The number of hydrogen-bond donors (Lipinski definition) is 2. The second-order valence-electron chi connectivity index (χ2n) is 5.45. The summed E-state index contributed by atoms with van der Waals surface area (Å²) in [6.45, 7) is 4.86. The van der Waals surface area contributed by atoms with Crippen molar-refractivity contribution in [1.82, 2.24) is 4.90 Å². The van der Waals surface area contributed by atoms with Gasteiger partial charge in [-0.1, -0.05) is 13.0 Å². The minimum Gasteiger partial charge on any atom is -0.362 e. The van der Waals surface area contributed by atoms with Crippen LogP contribution in [0.2, 0.25) is 0 Å². The fourth-order valence-corrected chi connectivity index (χ4v) is 2.98. The van der Waals surface area contributed by atoms with Crippen molar-refractivity contribution < 1.29 is 4.92 Å². The van der Waals surface area contributed by atoms with E-state index in [2.05, 4.69) is 29.2 Å². The Morgan fingerprint density at radius 1 is 1.48 bits per heavy atom. The summed E-state index contributed by atoms with van der Waals surface area (Å²) in [4.78, 5) is 15.5. The zero-order chi connectivity index (χ0) is 15.4. The topological polar surface area (TPSA) is 87.7 Å². The molecular weight excluding hydrogens is 270 g/mol. The Morgan fingerprint density at radius 2 is 2.24 bits per heavy atom. The van der Waals surface area contributed by atoms with Gasteiger partial charge < -0.3 is 15.2 Å². The number of nitrogens with one attached hydrogen (secondary N) is 1. The maximum Gasteiger partial charge on any atom is 0.316 e. The first-order valence-electron chi connectivity index (χ1n) is 7.27. The van der Waals surface area contributed by atoms with Gasteiger partial charge in [-0.3, -0.25) is 16.0 Å². The molecule has 21 heavy (non-hydrogen) atoms. The van der Waals surface area contributed by atoms with Crippen molar-refractivity contribution in [2.45, 2.75) is 25.8 Å². The van der Waals surface area contributed by atoms with Crippen molar-refractivity contribution in [2.24, 2.45) is 5.84 Å². The van der Waals surface area contributed by atoms with Crippen molar-refractivity contribution in [2.75, 3.05) is 37.0 Å². The summed E-state index contributed by atoms with van der Waals surface area (Å²) in [6.07, 6.45) is 1.94. The Hall–Kier alpha value is -1.86. The van der Waals surface area contributed by atoms with Crippen LogP contribution in [0, 0.1) is 10.1 Å². The van der Waals surface area contributed by atoms with Gasteiger partial charge in [0.05, 0.1) is 4.92 Å². The van der Waals surface area contributed by atoms with Crippen LogP contribution < -0.4 is 16.2 Å². The highest BCUT2D eigenvalue weighted by Gasteiger charge is 2.29. The lowest BCUT2D eigenvalue weighted by atomic mass is 10.1. The number of rotatable bonds is 4. The molecule has 0 saturated carbocycles. The van der Waals surface area contributed by atoms with E-state index in [0.717, 1.165) is 32.5 Å². The fraction of sp³-hybridized carbons (Fsp3) is 0.571. The molecule has 1 fully saturated rings. The molecular formula is C14H23N5O2. The molecule has 1 atom stereocenters. The van der Waals surface area contributed by atoms with Crippen LogP contribution >= 0.6 is 0 Å². The van der Waals surface area contributed by atoms with Gasteiger partial charge in [-0.25, -0.2) is 0 Å². The minimum atomic E-state index is -0.355. The molecule has 1 unspecified atom stereocenters. The molecule has 3 N–H and O–H groups in total. The summed E-state index contributed by atoms with van der Waals surface area (Å²) >= 11 is 0. The third-order valence-electron chi connectivity index (χ3n) is 4.04. The zero-order valence-electron chi connectivity index (χ0n) is 12.6. The van der Waals surface area contributed by atoms with E-state index < -0.39 is 0 Å². The summed E-state index contributed by atoms with van der Waals surface area (Å²) < 4.78 is 0. The first-order chi connectivity index (χ1) is 10.1. The van der Waals surface area contributed by atoms with Crippen LogP contribution in [0.25, 0.3) is 0 Å². The van der Waals surface area contributed by atoms with Gasteiger partial charge in [0.25, 0.3) is 0 Å². The molecule has 1 aliphatic heterocycles. The highest BCUT2D eigenvalue weighted by atomic mass is 16.6. The van der Waals surface area contributed by atoms with Crippen molar-refractivity contribution in [3.8, 4) is 0 Å². The molecule has 1 aromatic rings. The van der Waals surface area contributed by atoms with Crippen LogP contribution in [0.5, 0.6) is 0 Å². The van der Waals surface area contributed by atoms with Gasteiger partial charge in [0.15, 0.2) is 0 Å². The molecule has 7 heteroatoms. The third-order valence-corrected chi connectivity index (χ3v) is 4.04. The number of nitrogens with two attached hydrogens (primary N) is 1. The molecule has 0 amide bonds. The highest BCUT2D eigenvalue weighted by Crippen LogP contribution is 2.37. The first kappa shape index (κ1) is 15.5. The number of nitrogen functional groups attached to an aromatic ring is 1. The predicted molar refractivity (Wildman–Crippen MR) is 84.4 cm³/mol. The maximum absolute atomic E-state index is 11.5. The fourth-order valence-electron chi connectivity index (χ4n) is 2.98. The maximum atomic E-state index is 11.5. The van der Waals surface area contributed by atoms with Crippen LogP contribution in [0.4, 0.5) is 17.1 Å². The first-order valence-corrected chi connectivity index (χ1v) is 7.27. The van der Waals surface area contributed by atoms with Crippen LogP contribution in [0.15, 0.2) is 18.2 Å². The summed E-state index contributed by atoms with van der Waals surface area (Å²) in [5.74, 6) is 5.43. The van der Waals surface area contributed by atoms with Crippen LogP contribution in [-0.4, -0.2) is 42.5 Å². The van der Waals surface area contributed by atoms with Gasteiger partial charge in [0.1, 0.15) is 11.4 Å². The third kappa shape index (κ3) is 3.25. The Morgan fingerprint density at radius 3 is 2.86 bits per heavy atom. The van der Waals surface area contributed by atoms with Gasteiger partial charge in [-0.15, -0.1) is 0 Å². The number of benzene rings is 1. The van der Waals surface area contributed by atoms with Crippen molar-refractivity contribution in [3.63, 3.8) is 0 Å². The summed E-state index contributed by atoms with van der Waals surface area (Å²) in [6, 6.07) is 5.52. The lowest BCUT2D eigenvalue weighted by molar-refractivity contribution is -0.383. The van der Waals surface area contributed by atoms with E-state index in [1.807, 2.05) is 6.07 Å². The van der Waals surface area contributed by atoms with Crippen LogP contribution in [0.3, 0.4) is 0 Å². The number of hydrogen-bond acceptors (Lipinski definition) is 6. The van der Waals surface area contributed by atoms with Crippen molar-refractivity contribution in [1.29, 1.82) is 0 Å². The molecule has 0 bridgehead atoms. The number of nitrogens with zero attached hydrogens (tertiary/aromatic N) is 3. The molecule has 1 aromatic carbocycles. The molecule has 7 nitrogen and oxygen atoms in total. The number of anilines is 2. The number of likely N-dealkylation sites (N-methyl/N-ethyl adjacent to an activating group) is 1. The molecule has 0 aromatic heterocycles. The number of nitro benzene ring substituents is 1.